The van der Waals surface area contributed by atoms with E-state index in [0.717, 1.165) is 22.1 Å². The Morgan fingerprint density at radius 3 is 1.78 bits per heavy atom. The first-order valence-electron chi connectivity index (χ1n) is 8.56. The molecule has 27 heavy (non-hydrogen) atoms. The number of azo groups is 2. The maximum Gasteiger partial charge on any atom is 0.119 e. The Morgan fingerprint density at radius 1 is 0.556 bits per heavy atom. The highest BCUT2D eigenvalue weighted by Crippen LogP contribution is 2.40. The Hall–Kier alpha value is -3.86. The van der Waals surface area contributed by atoms with Crippen LogP contribution in [-0.4, -0.2) is 0 Å². The fourth-order valence-corrected chi connectivity index (χ4v) is 2.73. The van der Waals surface area contributed by atoms with E-state index in [-0.39, 0.29) is 0 Å². The quantitative estimate of drug-likeness (QED) is 0.305. The molecular weight excluding hydrogens is 334 g/mol. The van der Waals surface area contributed by atoms with E-state index in [9.17, 15) is 0 Å². The van der Waals surface area contributed by atoms with Gasteiger partial charge < -0.3 is 5.73 Å². The summed E-state index contributed by atoms with van der Waals surface area (Å²) in [6, 6.07) is 28.9. The van der Waals surface area contributed by atoms with Crippen LogP contribution in [0.15, 0.2) is 111 Å². The molecule has 130 valence electrons. The molecule has 0 saturated carbocycles. The van der Waals surface area contributed by atoms with Crippen molar-refractivity contribution in [1.82, 2.24) is 0 Å². The molecule has 0 saturated heterocycles. The summed E-state index contributed by atoms with van der Waals surface area (Å²) >= 11 is 0. The zero-order chi connectivity index (χ0) is 18.5. The Balaban J connectivity index is 1.80. The van der Waals surface area contributed by atoms with Gasteiger partial charge in [-0.25, -0.2) is 0 Å². The molecule has 0 heterocycles. The lowest BCUT2D eigenvalue weighted by Crippen LogP contribution is -1.88. The summed E-state index contributed by atoms with van der Waals surface area (Å²) in [5, 5.41) is 19.3. The molecule has 0 fully saturated rings. The van der Waals surface area contributed by atoms with Crippen LogP contribution >= 0.6 is 0 Å². The van der Waals surface area contributed by atoms with Crippen LogP contribution < -0.4 is 5.73 Å². The number of nitrogens with zero attached hydrogens (tertiary/aromatic N) is 4. The molecular formula is C22H17N5. The van der Waals surface area contributed by atoms with E-state index in [4.69, 9.17) is 5.73 Å². The minimum atomic E-state index is 0.452. The van der Waals surface area contributed by atoms with E-state index in [1.165, 1.54) is 0 Å². The smallest absolute Gasteiger partial charge is 0.119 e. The fraction of sp³-hybridized carbons (Fsp3) is 0. The number of nitrogen functional groups attached to an aromatic ring is 1. The van der Waals surface area contributed by atoms with Gasteiger partial charge in [0.2, 0.25) is 0 Å². The van der Waals surface area contributed by atoms with Gasteiger partial charge in [-0.2, -0.15) is 10.2 Å². The van der Waals surface area contributed by atoms with Gasteiger partial charge in [0.25, 0.3) is 0 Å². The van der Waals surface area contributed by atoms with Crippen LogP contribution in [0.3, 0.4) is 0 Å². The van der Waals surface area contributed by atoms with Gasteiger partial charge in [0.05, 0.1) is 17.1 Å². The molecule has 4 aromatic rings. The predicted molar refractivity (Wildman–Crippen MR) is 110 cm³/mol. The van der Waals surface area contributed by atoms with Gasteiger partial charge in [-0.15, -0.1) is 10.2 Å². The Kier molecular flexibility index (Phi) is 4.66. The van der Waals surface area contributed by atoms with E-state index < -0.39 is 0 Å². The van der Waals surface area contributed by atoms with Crippen molar-refractivity contribution in [2.45, 2.75) is 0 Å². The normalized spacial score (nSPS) is 11.6. The van der Waals surface area contributed by atoms with Crippen molar-refractivity contribution < 1.29 is 0 Å². The predicted octanol–water partition coefficient (Wildman–Crippen LogP) is 7.25. The minimum absolute atomic E-state index is 0.452. The molecule has 2 N–H and O–H groups in total. The number of rotatable bonds is 4. The second-order valence-corrected chi connectivity index (χ2v) is 5.95. The minimum Gasteiger partial charge on any atom is -0.395 e. The molecule has 0 aromatic heterocycles. The Morgan fingerprint density at radius 2 is 1.11 bits per heavy atom. The van der Waals surface area contributed by atoms with Crippen LogP contribution in [0.5, 0.6) is 0 Å². The van der Waals surface area contributed by atoms with E-state index >= 15 is 0 Å². The molecule has 5 heteroatoms. The summed E-state index contributed by atoms with van der Waals surface area (Å²) in [4.78, 5) is 0. The van der Waals surface area contributed by atoms with Gasteiger partial charge in [0.15, 0.2) is 0 Å². The molecule has 4 aromatic carbocycles. The molecule has 0 aliphatic rings. The SMILES string of the molecule is Nc1c(N=Nc2ccccc2)cc2ccccc2c1N=Nc1ccccc1. The van der Waals surface area contributed by atoms with E-state index in [1.807, 2.05) is 91.0 Å². The van der Waals surface area contributed by atoms with Gasteiger partial charge in [-0.1, -0.05) is 60.7 Å². The number of benzene rings is 4. The van der Waals surface area contributed by atoms with Crippen molar-refractivity contribution in [2.75, 3.05) is 5.73 Å². The average Bonchev–Trinajstić information content (AvgIpc) is 2.73. The second-order valence-electron chi connectivity index (χ2n) is 5.95. The van der Waals surface area contributed by atoms with Crippen LogP contribution in [0, 0.1) is 0 Å². The van der Waals surface area contributed by atoms with Crippen molar-refractivity contribution in [3.8, 4) is 0 Å². The molecule has 0 unspecified atom stereocenters. The van der Waals surface area contributed by atoms with Gasteiger partial charge in [-0.3, -0.25) is 0 Å². The molecule has 0 amide bonds. The third-order valence-corrected chi connectivity index (χ3v) is 4.09. The summed E-state index contributed by atoms with van der Waals surface area (Å²) in [5.41, 5.74) is 9.51. The van der Waals surface area contributed by atoms with E-state index in [1.54, 1.807) is 0 Å². The van der Waals surface area contributed by atoms with E-state index in [0.29, 0.717) is 17.1 Å². The van der Waals surface area contributed by atoms with Crippen molar-refractivity contribution in [3.05, 3.63) is 91.0 Å². The molecule has 4 rings (SSSR count). The maximum absolute atomic E-state index is 6.37. The number of anilines is 1. The number of hydrogen-bond donors (Lipinski definition) is 1. The fourth-order valence-electron chi connectivity index (χ4n) is 2.73. The molecule has 0 aliphatic carbocycles. The lowest BCUT2D eigenvalue weighted by Gasteiger charge is -2.08. The zero-order valence-corrected chi connectivity index (χ0v) is 14.5. The lowest BCUT2D eigenvalue weighted by molar-refractivity contribution is 1.22. The van der Waals surface area contributed by atoms with Gasteiger partial charge >= 0.3 is 0 Å². The number of hydrogen-bond acceptors (Lipinski definition) is 5. The zero-order valence-electron chi connectivity index (χ0n) is 14.5. The van der Waals surface area contributed by atoms with Gasteiger partial charge in [0, 0.05) is 5.39 Å². The number of nitrogens with two attached hydrogens (primary N) is 1. The van der Waals surface area contributed by atoms with Crippen molar-refractivity contribution >= 4 is 39.2 Å². The molecule has 0 aliphatic heterocycles. The van der Waals surface area contributed by atoms with Gasteiger partial charge in [-0.05, 0) is 35.7 Å². The van der Waals surface area contributed by atoms with Crippen LogP contribution in [0.1, 0.15) is 0 Å². The molecule has 0 bridgehead atoms. The monoisotopic (exact) mass is 351 g/mol. The number of fused-ring (bicyclic) bond motifs is 1. The maximum atomic E-state index is 6.37. The first-order chi connectivity index (χ1) is 13.3. The Labute approximate surface area is 156 Å². The molecule has 0 atom stereocenters. The standard InChI is InChI=1S/C22H17N5/c23-21-20(26-24-17-10-3-1-4-11-17)15-16-9-7-8-14-19(16)22(21)27-25-18-12-5-2-6-13-18/h1-15H,23H2. The van der Waals surface area contributed by atoms with Crippen molar-refractivity contribution in [2.24, 2.45) is 20.5 Å². The highest BCUT2D eigenvalue weighted by Gasteiger charge is 2.11. The lowest BCUT2D eigenvalue weighted by atomic mass is 10.1. The summed E-state index contributed by atoms with van der Waals surface area (Å²) in [6.07, 6.45) is 0. The largest absolute Gasteiger partial charge is 0.395 e. The van der Waals surface area contributed by atoms with Gasteiger partial charge in [0.1, 0.15) is 11.4 Å². The molecule has 5 nitrogen and oxygen atoms in total. The topological polar surface area (TPSA) is 75.5 Å². The second kappa shape index (κ2) is 7.58. The van der Waals surface area contributed by atoms with Crippen molar-refractivity contribution in [1.29, 1.82) is 0 Å². The molecule has 0 spiro atoms. The van der Waals surface area contributed by atoms with Crippen LogP contribution in [0.25, 0.3) is 10.8 Å². The third-order valence-electron chi connectivity index (χ3n) is 4.09. The Bertz CT molecular complexity index is 1120. The summed E-state index contributed by atoms with van der Waals surface area (Å²) in [6.45, 7) is 0. The van der Waals surface area contributed by atoms with Crippen molar-refractivity contribution in [3.63, 3.8) is 0 Å². The highest BCUT2D eigenvalue weighted by atomic mass is 15.1. The van der Waals surface area contributed by atoms with Crippen LogP contribution in [-0.2, 0) is 0 Å². The molecule has 0 radical (unpaired) electrons. The first-order valence-corrected chi connectivity index (χ1v) is 8.56. The van der Waals surface area contributed by atoms with E-state index in [2.05, 4.69) is 20.5 Å². The highest BCUT2D eigenvalue weighted by molar-refractivity contribution is 6.02. The first kappa shape index (κ1) is 16.6. The summed E-state index contributed by atoms with van der Waals surface area (Å²) in [7, 11) is 0. The van der Waals surface area contributed by atoms with Crippen LogP contribution in [0.2, 0.25) is 0 Å². The summed E-state index contributed by atoms with van der Waals surface area (Å²) in [5.74, 6) is 0. The van der Waals surface area contributed by atoms with Crippen LogP contribution in [0.4, 0.5) is 28.4 Å². The average molecular weight is 351 g/mol. The third kappa shape index (κ3) is 3.72. The summed E-state index contributed by atoms with van der Waals surface area (Å²) < 4.78 is 0.